The summed E-state index contributed by atoms with van der Waals surface area (Å²) in [6, 6.07) is 5.61. The first kappa shape index (κ1) is 49.9. The quantitative estimate of drug-likeness (QED) is 0.0399. The molecule has 2 N–H and O–H groups in total. The van der Waals surface area contributed by atoms with Gasteiger partial charge in [0.15, 0.2) is 22.9 Å². The Bertz CT molecular complexity index is 2620. The van der Waals surface area contributed by atoms with Crippen molar-refractivity contribution < 1.29 is 61.5 Å². The summed E-state index contributed by atoms with van der Waals surface area (Å²) in [4.78, 5) is 105. The monoisotopic (exact) mass is 993 g/mol. The predicted octanol–water partition coefficient (Wildman–Crippen LogP) is 2.61. The maximum absolute atomic E-state index is 14.4. The van der Waals surface area contributed by atoms with Gasteiger partial charge in [-0.25, -0.2) is 14.6 Å². The van der Waals surface area contributed by atoms with E-state index in [1.807, 2.05) is 6.07 Å². The molecule has 0 saturated carbocycles. The molecule has 360 valence electrons. The molecule has 4 amide bonds. The van der Waals surface area contributed by atoms with Gasteiger partial charge in [-0.3, -0.25) is 34.2 Å². The minimum absolute atomic E-state index is 0.0198. The number of rotatable bonds is 16. The van der Waals surface area contributed by atoms with E-state index in [9.17, 15) is 33.6 Å². The molecule has 3 saturated heterocycles. The molecule has 6 atom stereocenters. The number of anilines is 1. The summed E-state index contributed by atoms with van der Waals surface area (Å²) in [5, 5.41) is 9.89. The first-order valence-corrected chi connectivity index (χ1v) is 23.8. The van der Waals surface area contributed by atoms with Gasteiger partial charge in [-0.2, -0.15) is 0 Å². The number of benzene rings is 1. The Balaban J connectivity index is 1.05. The number of carbonyl (C=O) groups is 6. The molecule has 0 bridgehead atoms. The standard InChI is InChI=1S/C43H50BN8O13PS2/c1-23(40(58)63-44)64-48-34(28-22-68-41(45-28)47-42(59)62-43(2,3)4)36(55)46-35-38(57)51-30(20-53)25(21-67-39(35)51)19-52-12-7-8-26(52)17-49(11-13-52)37(56)29-15-31(54)33(65-66)18-50(29)16-24-9-10-27(60-5)14-32(24)61-6/h9-10,14-15,18,20,22-23,26,35,39H,7-8,11-13,16-17,19,21,66H2,1-6H3,(H-,45,46,47,55,59)/p+1/b48-34-/t23-,26-,35+,39+,52?/m0/s1. The lowest BCUT2D eigenvalue weighted by atomic mass is 10.0. The Morgan fingerprint density at radius 1 is 1.12 bits per heavy atom. The van der Waals surface area contributed by atoms with E-state index < -0.39 is 58.1 Å². The van der Waals surface area contributed by atoms with E-state index in [0.29, 0.717) is 54.2 Å². The number of amides is 4. The molecule has 21 nitrogen and oxygen atoms in total. The molecule has 4 aliphatic rings. The average molecular weight is 994 g/mol. The van der Waals surface area contributed by atoms with E-state index in [0.717, 1.165) is 41.9 Å². The number of carbonyl (C=O) groups excluding carboxylic acids is 6. The molecule has 1 aromatic carbocycles. The molecule has 0 spiro atoms. The van der Waals surface area contributed by atoms with Crippen molar-refractivity contribution in [3.05, 3.63) is 74.3 Å². The van der Waals surface area contributed by atoms with Crippen molar-refractivity contribution in [3.8, 4) is 17.2 Å². The lowest BCUT2D eigenvalue weighted by Gasteiger charge is -2.51. The van der Waals surface area contributed by atoms with Gasteiger partial charge in [-0.15, -0.1) is 23.1 Å². The van der Waals surface area contributed by atoms with E-state index in [2.05, 4.69) is 34.9 Å². The molecule has 6 heterocycles. The lowest BCUT2D eigenvalue weighted by Crippen LogP contribution is -2.71. The van der Waals surface area contributed by atoms with E-state index in [4.69, 9.17) is 31.6 Å². The summed E-state index contributed by atoms with van der Waals surface area (Å²) in [5.74, 6) is -1.10. The number of nitrogens with zero attached hydrogens (tertiary/aromatic N) is 6. The van der Waals surface area contributed by atoms with Crippen LogP contribution in [0, 0.1) is 0 Å². The van der Waals surface area contributed by atoms with E-state index in [-0.39, 0.29) is 46.5 Å². The van der Waals surface area contributed by atoms with Gasteiger partial charge in [0, 0.05) is 47.2 Å². The van der Waals surface area contributed by atoms with Crippen molar-refractivity contribution in [2.75, 3.05) is 58.0 Å². The molecule has 3 aromatic rings. The van der Waals surface area contributed by atoms with Crippen LogP contribution in [0.2, 0.25) is 0 Å². The second-order valence-corrected chi connectivity index (χ2v) is 19.6. The van der Waals surface area contributed by atoms with Crippen LogP contribution in [0.15, 0.2) is 57.1 Å². The lowest BCUT2D eigenvalue weighted by molar-refractivity contribution is -0.938. The highest BCUT2D eigenvalue weighted by atomic mass is 32.2. The maximum Gasteiger partial charge on any atom is 0.413 e. The van der Waals surface area contributed by atoms with Gasteiger partial charge in [-0.1, -0.05) is 5.16 Å². The summed E-state index contributed by atoms with van der Waals surface area (Å²) >= 11 is 2.35. The fraction of sp³-hybridized carbons (Fsp3) is 0.465. The first-order chi connectivity index (χ1) is 32.4. The highest BCUT2D eigenvalue weighted by molar-refractivity contribution is 8.00. The number of pyridine rings is 1. The highest BCUT2D eigenvalue weighted by Crippen LogP contribution is 2.42. The van der Waals surface area contributed by atoms with Crippen LogP contribution in [0.4, 0.5) is 9.93 Å². The second kappa shape index (κ2) is 20.7. The van der Waals surface area contributed by atoms with Gasteiger partial charge >= 0.3 is 20.1 Å². The fourth-order valence-electron chi connectivity index (χ4n) is 8.70. The Morgan fingerprint density at radius 3 is 2.59 bits per heavy atom. The number of thiazole rings is 1. The van der Waals surface area contributed by atoms with Crippen LogP contribution in [-0.4, -0.2) is 156 Å². The number of hydrogen-bond donors (Lipinski definition) is 2. The molecular formula is C43H51BN8O13PS2+. The van der Waals surface area contributed by atoms with Crippen molar-refractivity contribution in [3.63, 3.8) is 0 Å². The number of allylic oxidation sites excluding steroid dienone is 1. The van der Waals surface area contributed by atoms with Crippen molar-refractivity contribution in [1.29, 1.82) is 0 Å². The Morgan fingerprint density at radius 2 is 1.90 bits per heavy atom. The first-order valence-electron chi connectivity index (χ1n) is 21.4. The van der Waals surface area contributed by atoms with Crippen LogP contribution >= 0.6 is 32.6 Å². The molecule has 2 radical (unpaired) electrons. The average Bonchev–Trinajstić information content (AvgIpc) is 3.96. The number of aromatic nitrogens is 2. The predicted molar refractivity (Wildman–Crippen MR) is 252 cm³/mol. The Kier molecular flexibility index (Phi) is 15.2. The van der Waals surface area contributed by atoms with Crippen LogP contribution in [0.3, 0.4) is 0 Å². The number of methoxy groups -OCH3 is 2. The molecule has 2 unspecified atom stereocenters. The van der Waals surface area contributed by atoms with Crippen molar-refractivity contribution in [1.82, 2.24) is 24.7 Å². The SMILES string of the molecule is [B]OC(=O)[C@H](C)O/N=C(\C(=O)N[C@@H]1C(=O)N2C(C=O)=C(C[N+]34CCC[C@H]3CN(C(=O)c3cc(=O)c(OP)cn3Cc3ccc(OC)cc3OC)CC4)CS[C@H]12)c1csc(NC(=O)OC(C)(C)C)n1. The molecule has 68 heavy (non-hydrogen) atoms. The van der Waals surface area contributed by atoms with Crippen LogP contribution in [0.5, 0.6) is 17.2 Å². The van der Waals surface area contributed by atoms with Gasteiger partial charge < -0.3 is 47.5 Å². The van der Waals surface area contributed by atoms with Crippen molar-refractivity contribution in [2.24, 2.45) is 5.16 Å². The number of oxime groups is 1. The van der Waals surface area contributed by atoms with Crippen LogP contribution in [-0.2, 0) is 40.0 Å². The zero-order chi connectivity index (χ0) is 49.1. The zero-order valence-corrected chi connectivity index (χ0v) is 41.0. The summed E-state index contributed by atoms with van der Waals surface area (Å²) in [6.45, 7) is 9.22. The van der Waals surface area contributed by atoms with Crippen molar-refractivity contribution in [2.45, 2.75) is 76.2 Å². The Labute approximate surface area is 403 Å². The molecule has 3 fully saturated rings. The Hall–Kier alpha value is -5.97. The number of nitrogens with one attached hydrogen (secondary N) is 2. The van der Waals surface area contributed by atoms with Crippen LogP contribution < -0.4 is 30.1 Å². The van der Waals surface area contributed by atoms with E-state index in [1.54, 1.807) is 56.6 Å². The summed E-state index contributed by atoms with van der Waals surface area (Å²) < 4.78 is 28.0. The molecule has 7 rings (SSSR count). The number of fused-ring (bicyclic) bond motifs is 2. The number of quaternary nitrogens is 1. The third-order valence-corrected chi connectivity index (χ3v) is 14.4. The minimum Gasteiger partial charge on any atom is -0.541 e. The van der Waals surface area contributed by atoms with E-state index >= 15 is 0 Å². The van der Waals surface area contributed by atoms with Gasteiger partial charge in [0.1, 0.15) is 52.5 Å². The topological polar surface area (TPSA) is 236 Å². The van der Waals surface area contributed by atoms with Gasteiger partial charge in [0.05, 0.1) is 68.3 Å². The van der Waals surface area contributed by atoms with Crippen LogP contribution in [0.1, 0.15) is 62.3 Å². The minimum atomic E-state index is -1.33. The number of β-lactam (4-membered cyclic amide) rings is 1. The second-order valence-electron chi connectivity index (χ2n) is 17.4. The van der Waals surface area contributed by atoms with Gasteiger partial charge in [0.25, 0.3) is 17.7 Å². The number of thioether (sulfide) groups is 1. The normalized spacial score (nSPS) is 21.7. The highest BCUT2D eigenvalue weighted by Gasteiger charge is 2.55. The zero-order valence-electron chi connectivity index (χ0n) is 38.2. The number of aldehydes is 1. The third kappa shape index (κ3) is 10.5. The van der Waals surface area contributed by atoms with Gasteiger partial charge in [-0.05, 0) is 39.8 Å². The number of piperazine rings is 1. The number of ether oxygens (including phenoxy) is 3. The third-order valence-electron chi connectivity index (χ3n) is 12.0. The number of hydrogen-bond acceptors (Lipinski definition) is 17. The molecule has 4 aliphatic heterocycles. The fourth-order valence-corrected chi connectivity index (χ4v) is 10.9. The van der Waals surface area contributed by atoms with Crippen molar-refractivity contribution >= 4 is 87.5 Å². The molecule has 2 aromatic heterocycles. The summed E-state index contributed by atoms with van der Waals surface area (Å²) in [5.41, 5.74) is 0.251. The largest absolute Gasteiger partial charge is 0.541 e. The van der Waals surface area contributed by atoms with Gasteiger partial charge in [0.2, 0.25) is 11.5 Å². The maximum atomic E-state index is 14.4. The summed E-state index contributed by atoms with van der Waals surface area (Å²) in [6.07, 6.45) is 1.79. The van der Waals surface area contributed by atoms with E-state index in [1.165, 1.54) is 41.2 Å². The summed E-state index contributed by atoms with van der Waals surface area (Å²) in [7, 11) is 10.1. The molecular weight excluding hydrogens is 942 g/mol. The van der Waals surface area contributed by atoms with Crippen LogP contribution in [0.25, 0.3) is 0 Å². The smallest absolute Gasteiger partial charge is 0.413 e. The molecule has 25 heteroatoms. The molecule has 0 aliphatic carbocycles.